The summed E-state index contributed by atoms with van der Waals surface area (Å²) in [5.41, 5.74) is 7.77. The smallest absolute Gasteiger partial charge is 0.225 e. The van der Waals surface area contributed by atoms with Crippen LogP contribution in [0.15, 0.2) is 0 Å². The number of hydrogen-bond donors (Lipinski definition) is 2. The van der Waals surface area contributed by atoms with Gasteiger partial charge in [0.2, 0.25) is 5.28 Å². The maximum atomic E-state index is 5.77. The lowest BCUT2D eigenvalue weighted by atomic mass is 10.1. The highest BCUT2D eigenvalue weighted by Crippen LogP contribution is 2.32. The number of nitrogens with one attached hydrogen (secondary N) is 1. The zero-order valence-corrected chi connectivity index (χ0v) is 9.16. The molecule has 0 amide bonds. The predicted molar refractivity (Wildman–Crippen MR) is 59.0 cm³/mol. The van der Waals surface area contributed by atoms with Gasteiger partial charge in [0.25, 0.3) is 0 Å². The minimum absolute atomic E-state index is 0.0147. The summed E-state index contributed by atoms with van der Waals surface area (Å²) in [4.78, 5) is 8.00. The predicted octanol–water partition coefficient (Wildman–Crippen LogP) is 1.44. The Bertz CT molecular complexity index is 534. The van der Waals surface area contributed by atoms with Crippen molar-refractivity contribution in [2.24, 2.45) is 0 Å². The van der Waals surface area contributed by atoms with Gasteiger partial charge in [-0.3, -0.25) is 5.10 Å². The maximum Gasteiger partial charge on any atom is 0.225 e. The van der Waals surface area contributed by atoms with Crippen LogP contribution < -0.4 is 5.73 Å². The van der Waals surface area contributed by atoms with E-state index in [-0.39, 0.29) is 11.4 Å². The average Bonchev–Trinajstić information content (AvgIpc) is 2.83. The Labute approximate surface area is 96.2 Å². The van der Waals surface area contributed by atoms with Crippen molar-refractivity contribution < 1.29 is 4.74 Å². The largest absolute Gasteiger partial charge is 0.382 e. The van der Waals surface area contributed by atoms with Crippen molar-refractivity contribution in [2.45, 2.75) is 18.9 Å². The van der Waals surface area contributed by atoms with E-state index in [0.29, 0.717) is 16.9 Å². The summed E-state index contributed by atoms with van der Waals surface area (Å²) in [5.74, 6) is 0.312. The summed E-state index contributed by atoms with van der Waals surface area (Å²) in [7, 11) is 0. The van der Waals surface area contributed by atoms with Crippen molar-refractivity contribution in [3.05, 3.63) is 11.0 Å². The van der Waals surface area contributed by atoms with Crippen LogP contribution in [0.1, 0.15) is 24.6 Å². The molecule has 0 saturated carbocycles. The first-order valence-electron chi connectivity index (χ1n) is 5.04. The highest BCUT2D eigenvalue weighted by atomic mass is 35.5. The van der Waals surface area contributed by atoms with Crippen molar-refractivity contribution in [3.63, 3.8) is 0 Å². The van der Waals surface area contributed by atoms with E-state index in [2.05, 4.69) is 20.2 Å². The lowest BCUT2D eigenvalue weighted by Crippen LogP contribution is -1.99. The first kappa shape index (κ1) is 9.80. The van der Waals surface area contributed by atoms with E-state index in [1.807, 2.05) is 0 Å². The van der Waals surface area contributed by atoms with Crippen molar-refractivity contribution in [1.82, 2.24) is 20.2 Å². The van der Waals surface area contributed by atoms with Gasteiger partial charge in [0.05, 0.1) is 0 Å². The van der Waals surface area contributed by atoms with Crippen LogP contribution in [0.3, 0.4) is 0 Å². The van der Waals surface area contributed by atoms with Crippen LogP contribution >= 0.6 is 11.6 Å². The lowest BCUT2D eigenvalue weighted by Gasteiger charge is -2.05. The number of rotatable bonds is 1. The van der Waals surface area contributed by atoms with E-state index in [0.717, 1.165) is 25.1 Å². The van der Waals surface area contributed by atoms with E-state index in [4.69, 9.17) is 22.1 Å². The van der Waals surface area contributed by atoms with E-state index in [1.165, 1.54) is 0 Å². The molecule has 3 heterocycles. The van der Waals surface area contributed by atoms with E-state index < -0.39 is 0 Å². The number of fused-ring (bicyclic) bond motifs is 1. The molecule has 2 aromatic rings. The molecular formula is C9H10ClN5O. The summed E-state index contributed by atoms with van der Waals surface area (Å²) < 4.78 is 5.56. The summed E-state index contributed by atoms with van der Waals surface area (Å²) in [5, 5.41) is 7.14. The maximum absolute atomic E-state index is 5.77. The standard InChI is InChI=1S/C9H10ClN5O/c10-9-12-6-5(4-2-1-3-16-4)14-15-7(6)8(11)13-9/h4H,1-3H2,(H,14,15)(H2,11,12,13). The van der Waals surface area contributed by atoms with Crippen LogP contribution in [0, 0.1) is 0 Å². The normalized spacial score (nSPS) is 20.7. The van der Waals surface area contributed by atoms with Gasteiger partial charge in [-0.2, -0.15) is 10.1 Å². The zero-order chi connectivity index (χ0) is 11.1. The average molecular weight is 240 g/mol. The third kappa shape index (κ3) is 1.42. The minimum atomic E-state index is -0.0147. The first-order chi connectivity index (χ1) is 7.75. The van der Waals surface area contributed by atoms with Gasteiger partial charge in [-0.05, 0) is 24.4 Å². The number of hydrogen-bond acceptors (Lipinski definition) is 5. The Hall–Kier alpha value is -1.40. The number of aromatic nitrogens is 4. The molecule has 0 bridgehead atoms. The van der Waals surface area contributed by atoms with Gasteiger partial charge in [-0.15, -0.1) is 0 Å². The Morgan fingerprint density at radius 2 is 2.31 bits per heavy atom. The number of H-pyrrole nitrogens is 1. The molecule has 1 atom stereocenters. The summed E-state index contributed by atoms with van der Waals surface area (Å²) in [6.45, 7) is 0.757. The molecule has 16 heavy (non-hydrogen) atoms. The third-order valence-corrected chi connectivity index (χ3v) is 2.84. The molecule has 0 radical (unpaired) electrons. The number of nitrogen functional groups attached to an aromatic ring is 1. The topological polar surface area (TPSA) is 89.7 Å². The number of halogens is 1. The van der Waals surface area contributed by atoms with Crippen LogP contribution in [-0.2, 0) is 4.74 Å². The quantitative estimate of drug-likeness (QED) is 0.735. The van der Waals surface area contributed by atoms with Crippen LogP contribution in [-0.4, -0.2) is 26.8 Å². The monoisotopic (exact) mass is 239 g/mol. The molecule has 6 nitrogen and oxygen atoms in total. The fourth-order valence-electron chi connectivity index (χ4n) is 1.93. The Kier molecular flexibility index (Phi) is 2.19. The van der Waals surface area contributed by atoms with Gasteiger partial charge in [-0.25, -0.2) is 4.98 Å². The number of ether oxygens (including phenoxy) is 1. The fraction of sp³-hybridized carbons (Fsp3) is 0.444. The second-order valence-electron chi connectivity index (χ2n) is 3.71. The number of aromatic amines is 1. The van der Waals surface area contributed by atoms with E-state index in [9.17, 15) is 0 Å². The molecule has 1 unspecified atom stereocenters. The molecule has 3 N–H and O–H groups in total. The van der Waals surface area contributed by atoms with Crippen LogP contribution in [0.4, 0.5) is 5.82 Å². The molecule has 1 aliphatic heterocycles. The van der Waals surface area contributed by atoms with Crippen molar-refractivity contribution in [3.8, 4) is 0 Å². The second kappa shape index (κ2) is 3.57. The minimum Gasteiger partial charge on any atom is -0.382 e. The summed E-state index contributed by atoms with van der Waals surface area (Å²) in [6, 6.07) is 0. The van der Waals surface area contributed by atoms with Gasteiger partial charge in [0.15, 0.2) is 5.82 Å². The molecule has 84 valence electrons. The van der Waals surface area contributed by atoms with Gasteiger partial charge in [0.1, 0.15) is 22.8 Å². The summed E-state index contributed by atoms with van der Waals surface area (Å²) >= 11 is 5.77. The Morgan fingerprint density at radius 1 is 1.44 bits per heavy atom. The summed E-state index contributed by atoms with van der Waals surface area (Å²) in [6.07, 6.45) is 1.97. The van der Waals surface area contributed by atoms with Crippen LogP contribution in [0.25, 0.3) is 11.0 Å². The number of anilines is 1. The number of nitrogens with zero attached hydrogens (tertiary/aromatic N) is 3. The zero-order valence-electron chi connectivity index (χ0n) is 8.40. The molecule has 0 aliphatic carbocycles. The second-order valence-corrected chi connectivity index (χ2v) is 4.05. The van der Waals surface area contributed by atoms with E-state index >= 15 is 0 Å². The fourth-order valence-corrected chi connectivity index (χ4v) is 2.11. The highest BCUT2D eigenvalue weighted by Gasteiger charge is 2.24. The van der Waals surface area contributed by atoms with Crippen molar-refractivity contribution >= 4 is 28.5 Å². The molecule has 0 aromatic carbocycles. The lowest BCUT2D eigenvalue weighted by molar-refractivity contribution is 0.109. The SMILES string of the molecule is Nc1nc(Cl)nc2c(C3CCCO3)n[nH]c12. The molecule has 7 heteroatoms. The molecule has 1 aliphatic rings. The number of nitrogens with two attached hydrogens (primary N) is 1. The van der Waals surface area contributed by atoms with Crippen molar-refractivity contribution in [1.29, 1.82) is 0 Å². The molecule has 1 fully saturated rings. The molecule has 1 saturated heterocycles. The van der Waals surface area contributed by atoms with Crippen molar-refractivity contribution in [2.75, 3.05) is 12.3 Å². The molecule has 2 aromatic heterocycles. The highest BCUT2D eigenvalue weighted by molar-refractivity contribution is 6.28. The van der Waals surface area contributed by atoms with Gasteiger partial charge >= 0.3 is 0 Å². The first-order valence-corrected chi connectivity index (χ1v) is 5.42. The third-order valence-electron chi connectivity index (χ3n) is 2.68. The molecule has 3 rings (SSSR count). The Morgan fingerprint density at radius 3 is 3.06 bits per heavy atom. The van der Waals surface area contributed by atoms with Gasteiger partial charge in [0, 0.05) is 6.61 Å². The van der Waals surface area contributed by atoms with Crippen LogP contribution in [0.2, 0.25) is 5.28 Å². The van der Waals surface area contributed by atoms with Gasteiger partial charge in [-0.1, -0.05) is 0 Å². The van der Waals surface area contributed by atoms with Crippen LogP contribution in [0.5, 0.6) is 0 Å². The molecule has 0 spiro atoms. The van der Waals surface area contributed by atoms with E-state index in [1.54, 1.807) is 0 Å². The van der Waals surface area contributed by atoms with Gasteiger partial charge < -0.3 is 10.5 Å². The molecular weight excluding hydrogens is 230 g/mol. The Balaban J connectivity index is 2.18.